The van der Waals surface area contributed by atoms with Gasteiger partial charge in [0.05, 0.1) is 22.0 Å². The van der Waals surface area contributed by atoms with E-state index in [1.807, 2.05) is 42.5 Å². The van der Waals surface area contributed by atoms with E-state index in [1.165, 1.54) is 14.3 Å². The Bertz CT molecular complexity index is 2860. The first-order chi connectivity index (χ1) is 31.4. The molecule has 5 atom stereocenters. The molecular formula is C54H51O10S+. The highest BCUT2D eigenvalue weighted by Crippen LogP contribution is 2.84. The fourth-order valence-electron chi connectivity index (χ4n) is 14.6. The van der Waals surface area contributed by atoms with E-state index in [1.54, 1.807) is 24.3 Å². The van der Waals surface area contributed by atoms with Gasteiger partial charge in [-0.2, -0.15) is 0 Å². The molecule has 14 rings (SSSR count). The zero-order valence-electron chi connectivity index (χ0n) is 36.0. The average Bonchev–Trinajstić information content (AvgIpc) is 3.88. The summed E-state index contributed by atoms with van der Waals surface area (Å²) in [5, 5.41) is 24.1. The Morgan fingerprint density at radius 3 is 1.49 bits per heavy atom. The van der Waals surface area contributed by atoms with Gasteiger partial charge in [0, 0.05) is 34.4 Å². The molecule has 65 heavy (non-hydrogen) atoms. The van der Waals surface area contributed by atoms with E-state index in [2.05, 4.69) is 48.5 Å². The number of hydrogen-bond acceptors (Lipinski definition) is 10. The summed E-state index contributed by atoms with van der Waals surface area (Å²) >= 11 is 0. The highest BCUT2D eigenvalue weighted by atomic mass is 32.2. The molecule has 332 valence electrons. The molecule has 0 amide bonds. The topological polar surface area (TPSA) is 130 Å². The fraction of sp³-hybridized carbons (Fsp3) is 0.407. The third kappa shape index (κ3) is 6.47. The minimum atomic E-state index is -0.695. The predicted molar refractivity (Wildman–Crippen MR) is 244 cm³/mol. The van der Waals surface area contributed by atoms with Crippen molar-refractivity contribution in [2.45, 2.75) is 93.0 Å². The van der Waals surface area contributed by atoms with E-state index in [4.69, 9.17) is 28.4 Å². The largest absolute Gasteiger partial charge is 0.482 e. The van der Waals surface area contributed by atoms with Gasteiger partial charge in [0.2, 0.25) is 0 Å². The van der Waals surface area contributed by atoms with Crippen molar-refractivity contribution in [1.29, 1.82) is 0 Å². The second kappa shape index (κ2) is 14.2. The van der Waals surface area contributed by atoms with Gasteiger partial charge in [-0.05, 0) is 173 Å². The van der Waals surface area contributed by atoms with Gasteiger partial charge in [-0.3, -0.25) is 0 Å². The van der Waals surface area contributed by atoms with Crippen LogP contribution in [-0.4, -0.2) is 57.8 Å². The van der Waals surface area contributed by atoms with Gasteiger partial charge in [0.25, 0.3) is 0 Å². The number of fused-ring (bicyclic) bond motifs is 4. The Morgan fingerprint density at radius 2 is 1.02 bits per heavy atom. The Morgan fingerprint density at radius 1 is 0.538 bits per heavy atom. The third-order valence-electron chi connectivity index (χ3n) is 16.4. The summed E-state index contributed by atoms with van der Waals surface area (Å²) in [5.74, 6) is 4.80. The minimum absolute atomic E-state index is 0.00164. The first-order valence-electron chi connectivity index (χ1n) is 23.2. The standard InChI is InChI=1S/C54H51O10S/c55-48(63-51-23-33-18-34(24-51)22-50(57,21-33)31-51)29-59-37-6-10-39(11-7-37)61-41-14-16-46-44(19-41)45-20-42(15-17-47(45)65(46)43-4-2-1-3-5-43)62-40-12-8-38(9-13-40)60-30-49(56)64-52-25-35-27-53(58)28-36(26-52)54(35,53)32-52/h1-17,19-20,33-36,57-58H,18,21-32H2/q+1. The molecular weight excluding hydrogens is 841 g/mol. The summed E-state index contributed by atoms with van der Waals surface area (Å²) in [6.07, 6.45) is 9.21. The van der Waals surface area contributed by atoms with E-state index < -0.39 is 28.4 Å². The molecule has 0 aliphatic heterocycles. The number of esters is 2. The summed E-state index contributed by atoms with van der Waals surface area (Å²) in [6.45, 7) is -0.359. The molecule has 8 aliphatic carbocycles. The van der Waals surface area contributed by atoms with Crippen LogP contribution in [0.5, 0.6) is 34.5 Å². The van der Waals surface area contributed by atoms with Gasteiger partial charge in [-0.15, -0.1) is 0 Å². The number of ether oxygens (including phenoxy) is 6. The van der Waals surface area contributed by atoms with Crippen molar-refractivity contribution in [2.75, 3.05) is 13.2 Å². The number of aliphatic hydroxyl groups is 2. The zero-order chi connectivity index (χ0) is 43.8. The van der Waals surface area contributed by atoms with Gasteiger partial charge >= 0.3 is 11.9 Å². The zero-order valence-corrected chi connectivity index (χ0v) is 36.9. The quantitative estimate of drug-likeness (QED) is 0.0854. The van der Waals surface area contributed by atoms with Crippen molar-refractivity contribution in [3.63, 3.8) is 0 Å². The lowest BCUT2D eigenvalue weighted by atomic mass is 9.36. The van der Waals surface area contributed by atoms with Crippen LogP contribution in [0.4, 0.5) is 0 Å². The van der Waals surface area contributed by atoms with Crippen molar-refractivity contribution in [3.05, 3.63) is 115 Å². The molecule has 11 heteroatoms. The summed E-state index contributed by atoms with van der Waals surface area (Å²) in [7, 11) is -0.324. The predicted octanol–water partition coefficient (Wildman–Crippen LogP) is 10.9. The van der Waals surface area contributed by atoms with Crippen LogP contribution in [0.25, 0.3) is 25.1 Å². The van der Waals surface area contributed by atoms with Crippen LogP contribution in [0, 0.1) is 29.1 Å². The van der Waals surface area contributed by atoms with E-state index in [0.29, 0.717) is 64.6 Å². The van der Waals surface area contributed by atoms with Crippen molar-refractivity contribution < 1.29 is 48.2 Å². The maximum absolute atomic E-state index is 13.0. The Hall–Kier alpha value is -5.62. The molecule has 5 unspecified atom stereocenters. The third-order valence-corrected chi connectivity index (χ3v) is 18.8. The second-order valence-corrected chi connectivity index (χ2v) is 22.6. The maximum atomic E-state index is 13.0. The summed E-state index contributed by atoms with van der Waals surface area (Å²) in [5.41, 5.74) is -2.21. The smallest absolute Gasteiger partial charge is 0.344 e. The first-order valence-corrected chi connectivity index (χ1v) is 24.5. The number of benzene rings is 5. The van der Waals surface area contributed by atoms with Gasteiger partial charge in [-0.25, -0.2) is 9.59 Å². The number of hydrogen-bond donors (Lipinski definition) is 2. The second-order valence-electron chi connectivity index (χ2n) is 20.6. The number of carbonyl (C=O) groups excluding carboxylic acids is 2. The summed E-state index contributed by atoms with van der Waals surface area (Å²) < 4.78 is 39.1. The van der Waals surface area contributed by atoms with Gasteiger partial charge in [0.1, 0.15) is 45.7 Å². The van der Waals surface area contributed by atoms with Crippen molar-refractivity contribution in [1.82, 2.24) is 0 Å². The molecule has 5 aromatic carbocycles. The molecule has 2 N–H and O–H groups in total. The van der Waals surface area contributed by atoms with Crippen molar-refractivity contribution >= 4 is 42.6 Å². The van der Waals surface area contributed by atoms with Crippen LogP contribution >= 0.6 is 10.5 Å². The lowest BCUT2D eigenvalue weighted by molar-refractivity contribution is -0.306. The SMILES string of the molecule is O=C(COc1ccc(Oc2ccc3c(c2)c2cc(Oc4ccc(OCC(=O)OC56CC7CC8(O)CC(C5)C78C6)cc4)ccc2[s+]3-c2ccccc2)cc1)OC12CC3CC(CC(O)(C3)C1)C2. The molecule has 6 aromatic rings. The lowest BCUT2D eigenvalue weighted by Gasteiger charge is -2.71. The van der Waals surface area contributed by atoms with Crippen LogP contribution in [0.1, 0.15) is 70.6 Å². The summed E-state index contributed by atoms with van der Waals surface area (Å²) in [6, 6.07) is 37.5. The molecule has 1 spiro atoms. The average molecular weight is 892 g/mol. The lowest BCUT2D eigenvalue weighted by Crippen LogP contribution is -2.73. The molecule has 6 bridgehead atoms. The highest BCUT2D eigenvalue weighted by molar-refractivity contribution is 7.50. The molecule has 8 fully saturated rings. The van der Waals surface area contributed by atoms with Crippen molar-refractivity contribution in [2.24, 2.45) is 29.1 Å². The highest BCUT2D eigenvalue weighted by Gasteiger charge is 2.85. The Kier molecular flexibility index (Phi) is 8.67. The molecule has 0 radical (unpaired) electrons. The molecule has 8 saturated carbocycles. The maximum Gasteiger partial charge on any atom is 0.344 e. The van der Waals surface area contributed by atoms with Crippen LogP contribution in [0.15, 0.2) is 115 Å². The number of carbonyl (C=O) groups is 2. The Balaban J connectivity index is 0.674. The monoisotopic (exact) mass is 891 g/mol. The van der Waals surface area contributed by atoms with Crippen LogP contribution in [0.3, 0.4) is 0 Å². The van der Waals surface area contributed by atoms with Crippen LogP contribution < -0.4 is 18.9 Å². The molecule has 8 aliphatic rings. The van der Waals surface area contributed by atoms with E-state index in [0.717, 1.165) is 75.0 Å². The van der Waals surface area contributed by atoms with E-state index >= 15 is 0 Å². The van der Waals surface area contributed by atoms with Gasteiger partial charge in [0.15, 0.2) is 27.5 Å². The normalized spacial score (nSPS) is 33.2. The van der Waals surface area contributed by atoms with Crippen LogP contribution in [-0.2, 0) is 19.1 Å². The minimum Gasteiger partial charge on any atom is -0.482 e. The first kappa shape index (κ1) is 39.7. The van der Waals surface area contributed by atoms with Crippen LogP contribution in [0.2, 0.25) is 0 Å². The molecule has 10 nitrogen and oxygen atoms in total. The van der Waals surface area contributed by atoms with Gasteiger partial charge < -0.3 is 38.6 Å². The number of rotatable bonds is 13. The summed E-state index contributed by atoms with van der Waals surface area (Å²) in [4.78, 5) is 27.2. The Labute approximate surface area is 379 Å². The van der Waals surface area contributed by atoms with E-state index in [-0.39, 0.29) is 35.1 Å². The molecule has 1 heterocycles. The van der Waals surface area contributed by atoms with Crippen molar-refractivity contribution in [3.8, 4) is 39.4 Å². The fourth-order valence-corrected chi connectivity index (χ4v) is 17.0. The molecule has 1 aromatic heterocycles. The van der Waals surface area contributed by atoms with Gasteiger partial charge in [-0.1, -0.05) is 18.2 Å². The van der Waals surface area contributed by atoms with E-state index in [9.17, 15) is 19.8 Å². The molecule has 0 saturated heterocycles. The number of thiophene rings is 1.